The molecule has 26 heavy (non-hydrogen) atoms. The van der Waals surface area contributed by atoms with Crippen molar-refractivity contribution in [2.75, 3.05) is 26.6 Å². The monoisotopic (exact) mass is 357 g/mol. The Labute approximate surface area is 155 Å². The Bertz CT molecular complexity index is 700. The molecule has 0 aliphatic heterocycles. The normalized spacial score (nSPS) is 10.3. The standard InChI is InChI=1S/C21H27NO4/c1-5-6-7-8-15-9-11-17(12-10-15)22-21(23)16-13-18(24-2)20(26-4)19(14-16)25-3/h9-14H,5-8H2,1-4H3,(H,22,23). The van der Waals surface area contributed by atoms with Crippen LogP contribution in [0.25, 0.3) is 0 Å². The van der Waals surface area contributed by atoms with Gasteiger partial charge in [0.25, 0.3) is 5.91 Å². The van der Waals surface area contributed by atoms with E-state index in [1.54, 1.807) is 12.1 Å². The summed E-state index contributed by atoms with van der Waals surface area (Å²) in [5.41, 5.74) is 2.47. The number of nitrogens with one attached hydrogen (secondary N) is 1. The molecule has 0 heterocycles. The Hall–Kier alpha value is -2.69. The second-order valence-corrected chi connectivity index (χ2v) is 6.02. The number of unbranched alkanes of at least 4 members (excludes halogenated alkanes) is 2. The Morgan fingerprint density at radius 3 is 2.04 bits per heavy atom. The van der Waals surface area contributed by atoms with Crippen LogP contribution < -0.4 is 19.5 Å². The Kier molecular flexibility index (Phi) is 7.33. The molecule has 0 aromatic heterocycles. The summed E-state index contributed by atoms with van der Waals surface area (Å²) in [6.07, 6.45) is 4.70. The zero-order valence-electron chi connectivity index (χ0n) is 15.9. The number of methoxy groups -OCH3 is 3. The van der Waals surface area contributed by atoms with Crippen LogP contribution in [0.5, 0.6) is 17.2 Å². The highest BCUT2D eigenvalue weighted by Crippen LogP contribution is 2.38. The molecule has 0 fully saturated rings. The Morgan fingerprint density at radius 2 is 1.54 bits per heavy atom. The van der Waals surface area contributed by atoms with Crippen molar-refractivity contribution in [1.82, 2.24) is 0 Å². The predicted molar refractivity (Wildman–Crippen MR) is 104 cm³/mol. The molecule has 0 spiro atoms. The quantitative estimate of drug-likeness (QED) is 0.661. The molecule has 2 aromatic carbocycles. The molecule has 2 rings (SSSR count). The number of hydrogen-bond acceptors (Lipinski definition) is 4. The summed E-state index contributed by atoms with van der Waals surface area (Å²) in [4.78, 5) is 12.6. The first-order chi connectivity index (χ1) is 12.6. The van der Waals surface area contributed by atoms with Crippen LogP contribution in [0.2, 0.25) is 0 Å². The molecule has 5 nitrogen and oxygen atoms in total. The maximum Gasteiger partial charge on any atom is 0.255 e. The highest BCUT2D eigenvalue weighted by atomic mass is 16.5. The van der Waals surface area contributed by atoms with Gasteiger partial charge < -0.3 is 19.5 Å². The van der Waals surface area contributed by atoms with Gasteiger partial charge in [-0.1, -0.05) is 31.9 Å². The second kappa shape index (κ2) is 9.70. The minimum absolute atomic E-state index is 0.233. The number of aryl methyl sites for hydroxylation is 1. The van der Waals surface area contributed by atoms with Crippen LogP contribution in [0.3, 0.4) is 0 Å². The topological polar surface area (TPSA) is 56.8 Å². The number of hydrogen-bond donors (Lipinski definition) is 1. The average Bonchev–Trinajstić information content (AvgIpc) is 2.68. The molecule has 1 amide bonds. The minimum Gasteiger partial charge on any atom is -0.493 e. The maximum absolute atomic E-state index is 12.6. The molecule has 5 heteroatoms. The van der Waals surface area contributed by atoms with Crippen molar-refractivity contribution in [2.24, 2.45) is 0 Å². The number of amides is 1. The lowest BCUT2D eigenvalue weighted by Gasteiger charge is -2.14. The van der Waals surface area contributed by atoms with E-state index in [4.69, 9.17) is 14.2 Å². The highest BCUT2D eigenvalue weighted by Gasteiger charge is 2.17. The van der Waals surface area contributed by atoms with E-state index < -0.39 is 0 Å². The lowest BCUT2D eigenvalue weighted by molar-refractivity contribution is 0.102. The van der Waals surface area contributed by atoms with Crippen molar-refractivity contribution in [3.63, 3.8) is 0 Å². The smallest absolute Gasteiger partial charge is 0.255 e. The summed E-state index contributed by atoms with van der Waals surface area (Å²) in [5.74, 6) is 1.12. The molecule has 0 aliphatic rings. The lowest BCUT2D eigenvalue weighted by atomic mass is 10.1. The van der Waals surface area contributed by atoms with Gasteiger partial charge in [0.2, 0.25) is 5.75 Å². The van der Waals surface area contributed by atoms with Crippen LogP contribution in [-0.4, -0.2) is 27.2 Å². The third kappa shape index (κ3) is 4.91. The second-order valence-electron chi connectivity index (χ2n) is 6.02. The van der Waals surface area contributed by atoms with Gasteiger partial charge in [-0.15, -0.1) is 0 Å². The van der Waals surface area contributed by atoms with Gasteiger partial charge in [0.15, 0.2) is 11.5 Å². The largest absolute Gasteiger partial charge is 0.493 e. The number of ether oxygens (including phenoxy) is 3. The first-order valence-electron chi connectivity index (χ1n) is 8.83. The van der Waals surface area contributed by atoms with Gasteiger partial charge in [-0.25, -0.2) is 0 Å². The molecular formula is C21H27NO4. The van der Waals surface area contributed by atoms with Crippen LogP contribution in [0.1, 0.15) is 42.1 Å². The number of carbonyl (C=O) groups is 1. The third-order valence-corrected chi connectivity index (χ3v) is 4.21. The minimum atomic E-state index is -0.233. The Morgan fingerprint density at radius 1 is 0.923 bits per heavy atom. The van der Waals surface area contributed by atoms with Gasteiger partial charge >= 0.3 is 0 Å². The molecule has 0 unspecified atom stereocenters. The first-order valence-corrected chi connectivity index (χ1v) is 8.83. The lowest BCUT2D eigenvalue weighted by Crippen LogP contribution is -2.12. The fourth-order valence-electron chi connectivity index (χ4n) is 2.75. The maximum atomic E-state index is 12.6. The van der Waals surface area contributed by atoms with Gasteiger partial charge in [0.05, 0.1) is 21.3 Å². The third-order valence-electron chi connectivity index (χ3n) is 4.21. The summed E-state index contributed by atoms with van der Waals surface area (Å²) in [6.45, 7) is 2.20. The van der Waals surface area contributed by atoms with E-state index in [0.29, 0.717) is 22.8 Å². The van der Waals surface area contributed by atoms with Crippen LogP contribution in [-0.2, 0) is 6.42 Å². The van der Waals surface area contributed by atoms with Crippen molar-refractivity contribution >= 4 is 11.6 Å². The number of anilines is 1. The molecule has 0 radical (unpaired) electrons. The van der Waals surface area contributed by atoms with Crippen molar-refractivity contribution in [2.45, 2.75) is 32.6 Å². The van der Waals surface area contributed by atoms with E-state index in [-0.39, 0.29) is 5.91 Å². The molecule has 0 saturated heterocycles. The van der Waals surface area contributed by atoms with E-state index in [1.807, 2.05) is 12.1 Å². The van der Waals surface area contributed by atoms with Gasteiger partial charge in [-0.05, 0) is 42.7 Å². The fourth-order valence-corrected chi connectivity index (χ4v) is 2.75. The summed E-state index contributed by atoms with van der Waals surface area (Å²) in [5, 5.41) is 2.90. The van der Waals surface area contributed by atoms with Gasteiger partial charge in [-0.3, -0.25) is 4.79 Å². The molecule has 2 aromatic rings. The van der Waals surface area contributed by atoms with Crippen LogP contribution in [0, 0.1) is 0 Å². The zero-order valence-corrected chi connectivity index (χ0v) is 15.9. The summed E-state index contributed by atoms with van der Waals surface area (Å²) < 4.78 is 15.9. The van der Waals surface area contributed by atoms with Crippen molar-refractivity contribution in [1.29, 1.82) is 0 Å². The average molecular weight is 357 g/mol. The zero-order chi connectivity index (χ0) is 18.9. The molecule has 0 bridgehead atoms. The summed E-state index contributed by atoms with van der Waals surface area (Å²) >= 11 is 0. The van der Waals surface area contributed by atoms with E-state index in [9.17, 15) is 4.79 Å². The SMILES string of the molecule is CCCCCc1ccc(NC(=O)c2cc(OC)c(OC)c(OC)c2)cc1. The van der Waals surface area contributed by atoms with Crippen LogP contribution >= 0.6 is 0 Å². The van der Waals surface area contributed by atoms with E-state index in [0.717, 1.165) is 12.1 Å². The molecule has 1 N–H and O–H groups in total. The molecular weight excluding hydrogens is 330 g/mol. The van der Waals surface area contributed by atoms with Crippen LogP contribution in [0.4, 0.5) is 5.69 Å². The Balaban J connectivity index is 2.12. The predicted octanol–water partition coefficient (Wildman–Crippen LogP) is 4.70. The van der Waals surface area contributed by atoms with Crippen LogP contribution in [0.15, 0.2) is 36.4 Å². The number of carbonyl (C=O) groups excluding carboxylic acids is 1. The van der Waals surface area contributed by atoms with E-state index >= 15 is 0 Å². The molecule has 0 saturated carbocycles. The first kappa shape index (κ1) is 19.6. The van der Waals surface area contributed by atoms with Crippen molar-refractivity contribution in [3.8, 4) is 17.2 Å². The van der Waals surface area contributed by atoms with Crippen molar-refractivity contribution < 1.29 is 19.0 Å². The molecule has 140 valence electrons. The highest BCUT2D eigenvalue weighted by molar-refractivity contribution is 6.05. The molecule has 0 aliphatic carbocycles. The van der Waals surface area contributed by atoms with E-state index in [2.05, 4.69) is 24.4 Å². The summed E-state index contributed by atoms with van der Waals surface area (Å²) in [7, 11) is 4.58. The van der Waals surface area contributed by atoms with E-state index in [1.165, 1.54) is 46.2 Å². The molecule has 0 atom stereocenters. The fraction of sp³-hybridized carbons (Fsp3) is 0.381. The number of benzene rings is 2. The number of rotatable bonds is 9. The van der Waals surface area contributed by atoms with Gasteiger partial charge in [-0.2, -0.15) is 0 Å². The van der Waals surface area contributed by atoms with Gasteiger partial charge in [0, 0.05) is 11.3 Å². The van der Waals surface area contributed by atoms with Gasteiger partial charge in [0.1, 0.15) is 0 Å². The van der Waals surface area contributed by atoms with Crippen molar-refractivity contribution in [3.05, 3.63) is 47.5 Å². The summed E-state index contributed by atoms with van der Waals surface area (Å²) in [6, 6.07) is 11.2.